The van der Waals surface area contributed by atoms with E-state index in [1.165, 1.54) is 37.3 Å². The van der Waals surface area contributed by atoms with Crippen molar-refractivity contribution in [3.05, 3.63) is 58.1 Å². The van der Waals surface area contributed by atoms with Crippen molar-refractivity contribution in [3.63, 3.8) is 0 Å². The molecule has 2 aromatic rings. The highest BCUT2D eigenvalue weighted by atomic mass is 19.4. The lowest BCUT2D eigenvalue weighted by molar-refractivity contribution is -0.385. The van der Waals surface area contributed by atoms with Gasteiger partial charge in [0.25, 0.3) is 11.6 Å². The van der Waals surface area contributed by atoms with Crippen LogP contribution < -0.4 is 14.8 Å². The monoisotopic (exact) mass is 370 g/mol. The molecule has 0 fully saturated rings. The number of carbonyl (C=O) groups excluding carboxylic acids is 1. The molecular weight excluding hydrogens is 357 g/mol. The Bertz CT molecular complexity index is 807. The molecular formula is C16H13F3N2O5. The summed E-state index contributed by atoms with van der Waals surface area (Å²) in [5.74, 6) is -0.684. The smallest absolute Gasteiger partial charge is 0.484 e. The van der Waals surface area contributed by atoms with Gasteiger partial charge in [0, 0.05) is 17.3 Å². The van der Waals surface area contributed by atoms with Gasteiger partial charge in [-0.05, 0) is 43.3 Å². The third-order valence-electron chi connectivity index (χ3n) is 3.11. The molecule has 1 amide bonds. The Kier molecular flexibility index (Phi) is 5.65. The van der Waals surface area contributed by atoms with Crippen molar-refractivity contribution in [2.75, 3.05) is 11.9 Å². The first-order chi connectivity index (χ1) is 12.1. The maximum atomic E-state index is 12.1. The molecule has 0 heterocycles. The Morgan fingerprint density at radius 2 is 1.77 bits per heavy atom. The van der Waals surface area contributed by atoms with Gasteiger partial charge in [0.2, 0.25) is 0 Å². The van der Waals surface area contributed by atoms with Crippen LogP contribution in [0.3, 0.4) is 0 Å². The lowest BCUT2D eigenvalue weighted by Crippen LogP contribution is -2.20. The predicted octanol–water partition coefficient (Wildman–Crippen LogP) is 3.82. The standard InChI is InChI=1S/C16H13F3N2O5/c1-10-8-13(6-7-14(10)21(23)24)25-9-15(22)20-11-2-4-12(5-3-11)26-16(17,18)19/h2-8H,9H2,1H3,(H,20,22). The van der Waals surface area contributed by atoms with E-state index >= 15 is 0 Å². The zero-order valence-corrected chi connectivity index (χ0v) is 13.4. The van der Waals surface area contributed by atoms with E-state index in [1.54, 1.807) is 0 Å². The number of nitrogens with zero attached hydrogens (tertiary/aromatic N) is 1. The van der Waals surface area contributed by atoms with Crippen LogP contribution in [0, 0.1) is 17.0 Å². The van der Waals surface area contributed by atoms with Crippen LogP contribution in [0.4, 0.5) is 24.5 Å². The molecule has 138 valence electrons. The molecule has 2 aromatic carbocycles. The minimum Gasteiger partial charge on any atom is -0.484 e. The molecule has 10 heteroatoms. The Morgan fingerprint density at radius 3 is 2.31 bits per heavy atom. The Morgan fingerprint density at radius 1 is 1.15 bits per heavy atom. The molecule has 0 aliphatic heterocycles. The number of anilines is 1. The van der Waals surface area contributed by atoms with Crippen LogP contribution in [-0.2, 0) is 4.79 Å². The third-order valence-corrected chi connectivity index (χ3v) is 3.11. The maximum Gasteiger partial charge on any atom is 0.573 e. The number of hydrogen-bond donors (Lipinski definition) is 1. The summed E-state index contributed by atoms with van der Waals surface area (Å²) in [6.45, 7) is 1.16. The second-order valence-corrected chi connectivity index (χ2v) is 5.11. The van der Waals surface area contributed by atoms with E-state index in [4.69, 9.17) is 4.74 Å². The van der Waals surface area contributed by atoms with Crippen molar-refractivity contribution in [2.45, 2.75) is 13.3 Å². The number of hydrogen-bond acceptors (Lipinski definition) is 5. The second kappa shape index (κ2) is 7.72. The number of carbonyl (C=O) groups is 1. The quantitative estimate of drug-likeness (QED) is 0.617. The molecule has 0 spiro atoms. The zero-order valence-electron chi connectivity index (χ0n) is 13.4. The molecule has 0 saturated heterocycles. The number of aryl methyl sites for hydroxylation is 1. The zero-order chi connectivity index (χ0) is 19.3. The van der Waals surface area contributed by atoms with E-state index in [1.807, 2.05) is 0 Å². The number of alkyl halides is 3. The van der Waals surface area contributed by atoms with Gasteiger partial charge in [-0.25, -0.2) is 0 Å². The van der Waals surface area contributed by atoms with Crippen molar-refractivity contribution in [1.82, 2.24) is 0 Å². The van der Waals surface area contributed by atoms with Gasteiger partial charge in [-0.3, -0.25) is 14.9 Å². The Balaban J connectivity index is 1.89. The number of ether oxygens (including phenoxy) is 2. The van der Waals surface area contributed by atoms with Gasteiger partial charge in [0.05, 0.1) is 4.92 Å². The summed E-state index contributed by atoms with van der Waals surface area (Å²) in [4.78, 5) is 22.0. The first-order valence-corrected chi connectivity index (χ1v) is 7.17. The van der Waals surface area contributed by atoms with Crippen molar-refractivity contribution in [1.29, 1.82) is 0 Å². The fourth-order valence-corrected chi connectivity index (χ4v) is 2.01. The summed E-state index contributed by atoms with van der Waals surface area (Å²) >= 11 is 0. The summed E-state index contributed by atoms with van der Waals surface area (Å²) in [6, 6.07) is 8.66. The predicted molar refractivity (Wildman–Crippen MR) is 85.1 cm³/mol. The molecule has 26 heavy (non-hydrogen) atoms. The van der Waals surface area contributed by atoms with Crippen LogP contribution in [0.1, 0.15) is 5.56 Å². The van der Waals surface area contributed by atoms with Gasteiger partial charge in [-0.2, -0.15) is 0 Å². The number of benzene rings is 2. The molecule has 0 saturated carbocycles. The van der Waals surface area contributed by atoms with Crippen LogP contribution in [0.25, 0.3) is 0 Å². The minimum atomic E-state index is -4.79. The maximum absolute atomic E-state index is 12.1. The van der Waals surface area contributed by atoms with E-state index in [9.17, 15) is 28.1 Å². The molecule has 0 unspecified atom stereocenters. The Hall–Kier alpha value is -3.30. The van der Waals surface area contributed by atoms with E-state index in [-0.39, 0.29) is 23.7 Å². The summed E-state index contributed by atoms with van der Waals surface area (Å²) in [5, 5.41) is 13.2. The van der Waals surface area contributed by atoms with Gasteiger partial charge in [0.15, 0.2) is 6.61 Å². The first-order valence-electron chi connectivity index (χ1n) is 7.17. The van der Waals surface area contributed by atoms with Gasteiger partial charge in [-0.15, -0.1) is 13.2 Å². The molecule has 0 aliphatic rings. The molecule has 1 N–H and O–H groups in total. The van der Waals surface area contributed by atoms with E-state index in [0.717, 1.165) is 12.1 Å². The fourth-order valence-electron chi connectivity index (χ4n) is 2.01. The number of nitrogens with one attached hydrogen (secondary N) is 1. The summed E-state index contributed by atoms with van der Waals surface area (Å²) < 4.78 is 45.2. The van der Waals surface area contributed by atoms with Crippen LogP contribution in [-0.4, -0.2) is 23.8 Å². The van der Waals surface area contributed by atoms with Crippen LogP contribution in [0.5, 0.6) is 11.5 Å². The van der Waals surface area contributed by atoms with Crippen molar-refractivity contribution in [3.8, 4) is 11.5 Å². The highest BCUT2D eigenvalue weighted by Gasteiger charge is 2.30. The van der Waals surface area contributed by atoms with Gasteiger partial charge < -0.3 is 14.8 Å². The lowest BCUT2D eigenvalue weighted by atomic mass is 10.2. The number of nitro groups is 1. The van der Waals surface area contributed by atoms with Crippen molar-refractivity contribution >= 4 is 17.3 Å². The van der Waals surface area contributed by atoms with Gasteiger partial charge >= 0.3 is 6.36 Å². The van der Waals surface area contributed by atoms with E-state index in [2.05, 4.69) is 10.1 Å². The molecule has 7 nitrogen and oxygen atoms in total. The highest BCUT2D eigenvalue weighted by molar-refractivity contribution is 5.91. The van der Waals surface area contributed by atoms with Crippen molar-refractivity contribution in [2.24, 2.45) is 0 Å². The molecule has 0 aliphatic carbocycles. The number of halogens is 3. The molecule has 0 atom stereocenters. The molecule has 2 rings (SSSR count). The minimum absolute atomic E-state index is 0.0667. The molecule has 0 bridgehead atoms. The SMILES string of the molecule is Cc1cc(OCC(=O)Nc2ccc(OC(F)(F)F)cc2)ccc1[N+](=O)[O-]. The van der Waals surface area contributed by atoms with Crippen molar-refractivity contribution < 1.29 is 32.4 Å². The first kappa shape index (κ1) is 19.0. The average molecular weight is 370 g/mol. The molecule has 0 aromatic heterocycles. The topological polar surface area (TPSA) is 90.7 Å². The second-order valence-electron chi connectivity index (χ2n) is 5.11. The Labute approximate surface area is 145 Å². The van der Waals surface area contributed by atoms with Crippen LogP contribution in [0.15, 0.2) is 42.5 Å². The summed E-state index contributed by atoms with van der Waals surface area (Å²) in [6.07, 6.45) is -4.79. The van der Waals surface area contributed by atoms with Crippen LogP contribution >= 0.6 is 0 Å². The van der Waals surface area contributed by atoms with E-state index < -0.39 is 22.9 Å². The third kappa shape index (κ3) is 5.65. The normalized spacial score (nSPS) is 10.9. The highest BCUT2D eigenvalue weighted by Crippen LogP contribution is 2.24. The molecule has 0 radical (unpaired) electrons. The fraction of sp³-hybridized carbons (Fsp3) is 0.188. The summed E-state index contributed by atoms with van der Waals surface area (Å²) in [7, 11) is 0. The van der Waals surface area contributed by atoms with Gasteiger partial charge in [-0.1, -0.05) is 0 Å². The summed E-state index contributed by atoms with van der Waals surface area (Å²) in [5.41, 5.74) is 0.573. The average Bonchev–Trinajstić information content (AvgIpc) is 2.53. The number of rotatable bonds is 6. The van der Waals surface area contributed by atoms with Crippen LogP contribution in [0.2, 0.25) is 0 Å². The number of nitro benzene ring substituents is 1. The van der Waals surface area contributed by atoms with Gasteiger partial charge in [0.1, 0.15) is 11.5 Å². The lowest BCUT2D eigenvalue weighted by Gasteiger charge is -2.10. The van der Waals surface area contributed by atoms with E-state index in [0.29, 0.717) is 5.56 Å². The number of amides is 1. The largest absolute Gasteiger partial charge is 0.573 e.